The van der Waals surface area contributed by atoms with Crippen molar-refractivity contribution < 1.29 is 26.4 Å². The SMILES string of the molecule is CN(N(C(=O)OC(C)(C)C)S(C)(=O)=O)S(C)(=O)=O. The van der Waals surface area contributed by atoms with E-state index in [2.05, 4.69) is 0 Å². The van der Waals surface area contributed by atoms with Crippen LogP contribution in [0, 0.1) is 0 Å². The van der Waals surface area contributed by atoms with Gasteiger partial charge < -0.3 is 4.74 Å². The van der Waals surface area contributed by atoms with Gasteiger partial charge in [-0.05, 0) is 20.8 Å². The van der Waals surface area contributed by atoms with Gasteiger partial charge in [0.1, 0.15) is 5.60 Å². The summed E-state index contributed by atoms with van der Waals surface area (Å²) in [6.07, 6.45) is 0.201. The van der Waals surface area contributed by atoms with Gasteiger partial charge in [0.05, 0.1) is 12.5 Å². The Morgan fingerprint density at radius 2 is 1.39 bits per heavy atom. The zero-order valence-electron chi connectivity index (χ0n) is 11.2. The Morgan fingerprint density at radius 1 is 1.00 bits per heavy atom. The molecule has 10 heteroatoms. The highest BCUT2D eigenvalue weighted by Crippen LogP contribution is 2.15. The molecule has 0 radical (unpaired) electrons. The van der Waals surface area contributed by atoms with Gasteiger partial charge in [-0.25, -0.2) is 21.6 Å². The molecule has 0 heterocycles. The van der Waals surface area contributed by atoms with Crippen molar-refractivity contribution in [1.29, 1.82) is 0 Å². The molecular weight excluding hydrogens is 284 g/mol. The van der Waals surface area contributed by atoms with Gasteiger partial charge in [-0.2, -0.15) is 0 Å². The lowest BCUT2D eigenvalue weighted by atomic mass is 10.2. The molecule has 8 nitrogen and oxygen atoms in total. The van der Waals surface area contributed by atoms with Crippen molar-refractivity contribution in [1.82, 2.24) is 8.83 Å². The van der Waals surface area contributed by atoms with E-state index in [-0.39, 0.29) is 4.41 Å². The van der Waals surface area contributed by atoms with Gasteiger partial charge in [0, 0.05) is 7.05 Å². The van der Waals surface area contributed by atoms with Crippen molar-refractivity contribution in [2.75, 3.05) is 19.6 Å². The lowest BCUT2D eigenvalue weighted by Gasteiger charge is -2.30. The minimum absolute atomic E-state index is 0.0631. The van der Waals surface area contributed by atoms with Crippen molar-refractivity contribution in [3.63, 3.8) is 0 Å². The Kier molecular flexibility index (Phi) is 4.77. The second-order valence-corrected chi connectivity index (χ2v) is 8.49. The highest BCUT2D eigenvalue weighted by atomic mass is 32.2. The number of sulfonamides is 2. The van der Waals surface area contributed by atoms with Crippen molar-refractivity contribution in [2.24, 2.45) is 0 Å². The van der Waals surface area contributed by atoms with Crippen LogP contribution in [0.4, 0.5) is 4.79 Å². The van der Waals surface area contributed by atoms with Crippen LogP contribution in [0.1, 0.15) is 20.8 Å². The first kappa shape index (κ1) is 17.1. The molecule has 0 N–H and O–H groups in total. The maximum atomic E-state index is 11.7. The van der Waals surface area contributed by atoms with E-state index in [1.165, 1.54) is 20.8 Å². The monoisotopic (exact) mass is 302 g/mol. The average molecular weight is 302 g/mol. The average Bonchev–Trinajstić information content (AvgIpc) is 1.94. The standard InChI is InChI=1S/C8H18N2O6S2/c1-8(2,3)16-7(11)10(18(6,14)15)9(4)17(5,12)13/h1-6H3. The van der Waals surface area contributed by atoms with Gasteiger partial charge in [-0.15, -0.1) is 4.41 Å². The van der Waals surface area contributed by atoms with Crippen LogP contribution in [-0.4, -0.2) is 56.9 Å². The van der Waals surface area contributed by atoms with Crippen molar-refractivity contribution >= 4 is 26.1 Å². The van der Waals surface area contributed by atoms with E-state index < -0.39 is 31.7 Å². The first-order valence-electron chi connectivity index (χ1n) is 4.83. The second-order valence-electron chi connectivity index (χ2n) is 4.68. The molecule has 108 valence electrons. The molecule has 0 saturated carbocycles. The summed E-state index contributed by atoms with van der Waals surface area (Å²) in [5.41, 5.74) is -0.946. The summed E-state index contributed by atoms with van der Waals surface area (Å²) >= 11 is 0. The number of rotatable bonds is 3. The van der Waals surface area contributed by atoms with Crippen molar-refractivity contribution in [2.45, 2.75) is 26.4 Å². The maximum Gasteiger partial charge on any atom is 0.440 e. The fraction of sp³-hybridized carbons (Fsp3) is 0.875. The lowest BCUT2D eigenvalue weighted by molar-refractivity contribution is 0.0198. The van der Waals surface area contributed by atoms with Crippen LogP contribution in [0.5, 0.6) is 0 Å². The van der Waals surface area contributed by atoms with Crippen LogP contribution in [0.25, 0.3) is 0 Å². The van der Waals surface area contributed by atoms with E-state index in [4.69, 9.17) is 4.74 Å². The Bertz CT molecular complexity index is 516. The van der Waals surface area contributed by atoms with Crippen molar-refractivity contribution in [3.05, 3.63) is 0 Å². The fourth-order valence-corrected chi connectivity index (χ4v) is 2.68. The summed E-state index contributed by atoms with van der Waals surface area (Å²) in [5, 5.41) is 0. The summed E-state index contributed by atoms with van der Waals surface area (Å²) in [7, 11) is -7.08. The molecule has 0 rings (SSSR count). The van der Waals surface area contributed by atoms with Gasteiger partial charge in [0.25, 0.3) is 10.0 Å². The smallest absolute Gasteiger partial charge is 0.440 e. The zero-order chi connectivity index (χ0) is 14.9. The van der Waals surface area contributed by atoms with E-state index in [0.717, 1.165) is 13.3 Å². The van der Waals surface area contributed by atoms with Gasteiger partial charge in [0.15, 0.2) is 0 Å². The van der Waals surface area contributed by atoms with Crippen LogP contribution in [-0.2, 0) is 24.8 Å². The Morgan fingerprint density at radius 3 is 1.61 bits per heavy atom. The minimum atomic E-state index is -4.11. The van der Waals surface area contributed by atoms with E-state index in [1.807, 2.05) is 0 Å². The van der Waals surface area contributed by atoms with Crippen LogP contribution in [0.15, 0.2) is 0 Å². The van der Waals surface area contributed by atoms with Gasteiger partial charge in [-0.1, -0.05) is 4.41 Å². The maximum absolute atomic E-state index is 11.7. The molecule has 0 spiro atoms. The Labute approximate surface area is 108 Å². The molecule has 0 unspecified atom stereocenters. The Hall–Kier alpha value is -0.870. The summed E-state index contributed by atoms with van der Waals surface area (Å²) in [6, 6.07) is 0. The third-order valence-electron chi connectivity index (χ3n) is 1.60. The third kappa shape index (κ3) is 5.19. The number of amides is 1. The number of hydrogen-bond acceptors (Lipinski definition) is 6. The molecule has 0 aliphatic heterocycles. The highest BCUT2D eigenvalue weighted by Gasteiger charge is 2.36. The first-order valence-corrected chi connectivity index (χ1v) is 8.53. The molecule has 0 aliphatic carbocycles. The number of nitrogens with zero attached hydrogens (tertiary/aromatic N) is 2. The van der Waals surface area contributed by atoms with E-state index in [9.17, 15) is 21.6 Å². The lowest BCUT2D eigenvalue weighted by Crippen LogP contribution is -2.51. The third-order valence-corrected chi connectivity index (χ3v) is 3.85. The minimum Gasteiger partial charge on any atom is -0.442 e. The predicted molar refractivity (Wildman–Crippen MR) is 65.5 cm³/mol. The summed E-state index contributed by atoms with van der Waals surface area (Å²) in [6.45, 7) is 4.60. The zero-order valence-corrected chi connectivity index (χ0v) is 12.8. The van der Waals surface area contributed by atoms with Gasteiger partial charge in [-0.3, -0.25) is 0 Å². The number of hydrogen-bond donors (Lipinski definition) is 0. The van der Waals surface area contributed by atoms with E-state index in [0.29, 0.717) is 10.7 Å². The second kappa shape index (κ2) is 5.02. The Balaban J connectivity index is 5.50. The van der Waals surface area contributed by atoms with Gasteiger partial charge >= 0.3 is 6.09 Å². The van der Waals surface area contributed by atoms with Crippen LogP contribution < -0.4 is 0 Å². The van der Waals surface area contributed by atoms with E-state index >= 15 is 0 Å². The largest absolute Gasteiger partial charge is 0.442 e. The molecule has 0 aromatic heterocycles. The molecule has 0 aromatic rings. The van der Waals surface area contributed by atoms with Crippen LogP contribution in [0.2, 0.25) is 0 Å². The number of hydrazine groups is 1. The molecule has 1 amide bonds. The van der Waals surface area contributed by atoms with Crippen LogP contribution in [0.3, 0.4) is 0 Å². The number of carbonyl (C=O) groups excluding carboxylic acids is 1. The number of carbonyl (C=O) groups is 1. The normalized spacial score (nSPS) is 13.5. The fourth-order valence-electron chi connectivity index (χ4n) is 0.895. The first-order chi connectivity index (χ1) is 7.66. The summed E-state index contributed by atoms with van der Waals surface area (Å²) < 4.78 is 50.8. The molecule has 0 fully saturated rings. The van der Waals surface area contributed by atoms with E-state index in [1.54, 1.807) is 0 Å². The molecule has 0 bridgehead atoms. The quantitative estimate of drug-likeness (QED) is 0.680. The predicted octanol–water partition coefficient (Wildman–Crippen LogP) is -0.0105. The van der Waals surface area contributed by atoms with Gasteiger partial charge in [0.2, 0.25) is 10.0 Å². The molecule has 0 aliphatic rings. The molecule has 18 heavy (non-hydrogen) atoms. The van der Waals surface area contributed by atoms with Crippen molar-refractivity contribution in [3.8, 4) is 0 Å². The molecule has 0 atom stereocenters. The summed E-state index contributed by atoms with van der Waals surface area (Å²) in [5.74, 6) is 0. The topological polar surface area (TPSA) is 101 Å². The summed E-state index contributed by atoms with van der Waals surface area (Å²) in [4.78, 5) is 11.7. The molecule has 0 saturated heterocycles. The number of ether oxygens (including phenoxy) is 1. The molecular formula is C8H18N2O6S2. The van der Waals surface area contributed by atoms with Crippen LogP contribution >= 0.6 is 0 Å². The molecule has 0 aromatic carbocycles. The highest BCUT2D eigenvalue weighted by molar-refractivity contribution is 7.91.